The molecule has 0 spiro atoms. The number of para-hydroxylation sites is 1. The first-order valence-corrected chi connectivity index (χ1v) is 8.33. The average molecular weight is 352 g/mol. The van der Waals surface area contributed by atoms with Gasteiger partial charge in [0.1, 0.15) is 5.75 Å². The zero-order valence-electron chi connectivity index (χ0n) is 15.5. The van der Waals surface area contributed by atoms with Crippen molar-refractivity contribution in [2.45, 2.75) is 20.8 Å². The second-order valence-corrected chi connectivity index (χ2v) is 6.85. The Morgan fingerprint density at radius 1 is 0.962 bits per heavy atom. The molecule has 0 aromatic heterocycles. The lowest BCUT2D eigenvalue weighted by molar-refractivity contribution is -0.123. The van der Waals surface area contributed by atoms with E-state index in [4.69, 9.17) is 4.74 Å². The van der Waals surface area contributed by atoms with Crippen LogP contribution in [0.2, 0.25) is 0 Å². The van der Waals surface area contributed by atoms with Gasteiger partial charge in [0.05, 0.1) is 7.11 Å². The minimum atomic E-state index is -0.489. The van der Waals surface area contributed by atoms with Crippen LogP contribution >= 0.6 is 0 Å². The monoisotopic (exact) mass is 352 g/mol. The summed E-state index contributed by atoms with van der Waals surface area (Å²) in [7, 11) is 1.59. The lowest BCUT2D eigenvalue weighted by Gasteiger charge is -2.18. The van der Waals surface area contributed by atoms with Gasteiger partial charge >= 0.3 is 0 Å². The van der Waals surface area contributed by atoms with E-state index in [9.17, 15) is 9.59 Å². The summed E-state index contributed by atoms with van der Waals surface area (Å²) in [5.41, 5.74) is 1.57. The summed E-state index contributed by atoms with van der Waals surface area (Å²) >= 11 is 0. The number of methoxy groups -OCH3 is 1. The second-order valence-electron chi connectivity index (χ2n) is 6.85. The minimum absolute atomic E-state index is 0.0861. The van der Waals surface area contributed by atoms with Crippen molar-refractivity contribution in [2.75, 3.05) is 17.7 Å². The zero-order valence-corrected chi connectivity index (χ0v) is 15.5. The molecule has 5 nitrogen and oxygen atoms in total. The number of rotatable bonds is 5. The Kier molecular flexibility index (Phi) is 6.17. The molecule has 0 bridgehead atoms. The van der Waals surface area contributed by atoms with E-state index < -0.39 is 5.41 Å². The van der Waals surface area contributed by atoms with Gasteiger partial charge in [-0.05, 0) is 30.3 Å². The SMILES string of the molecule is COc1ccccc1C=CC(=O)Nc1cccc(NC(=O)C(C)(C)C)c1. The van der Waals surface area contributed by atoms with Gasteiger partial charge in [0.25, 0.3) is 0 Å². The largest absolute Gasteiger partial charge is 0.496 e. The van der Waals surface area contributed by atoms with Crippen molar-refractivity contribution in [3.8, 4) is 5.75 Å². The van der Waals surface area contributed by atoms with Gasteiger partial charge in [-0.15, -0.1) is 0 Å². The number of carbonyl (C=O) groups excluding carboxylic acids is 2. The predicted molar refractivity (Wildman–Crippen MR) is 105 cm³/mol. The smallest absolute Gasteiger partial charge is 0.248 e. The predicted octanol–water partition coefficient (Wildman–Crippen LogP) is 4.33. The van der Waals surface area contributed by atoms with Gasteiger partial charge in [0, 0.05) is 28.4 Å². The fourth-order valence-electron chi connectivity index (χ4n) is 2.15. The van der Waals surface area contributed by atoms with Crippen LogP contribution < -0.4 is 15.4 Å². The third kappa shape index (κ3) is 5.48. The molecule has 136 valence electrons. The van der Waals surface area contributed by atoms with Crippen molar-refractivity contribution in [3.05, 3.63) is 60.2 Å². The van der Waals surface area contributed by atoms with E-state index in [2.05, 4.69) is 10.6 Å². The van der Waals surface area contributed by atoms with E-state index in [1.165, 1.54) is 6.08 Å². The molecular weight excluding hydrogens is 328 g/mol. The fourth-order valence-corrected chi connectivity index (χ4v) is 2.15. The van der Waals surface area contributed by atoms with E-state index in [0.717, 1.165) is 5.56 Å². The summed E-state index contributed by atoms with van der Waals surface area (Å²) in [5.74, 6) is 0.343. The van der Waals surface area contributed by atoms with Gasteiger partial charge in [-0.1, -0.05) is 45.0 Å². The van der Waals surface area contributed by atoms with Crippen LogP contribution in [0.1, 0.15) is 26.3 Å². The van der Waals surface area contributed by atoms with Crippen molar-refractivity contribution in [1.82, 2.24) is 0 Å². The van der Waals surface area contributed by atoms with Crippen LogP contribution in [0.15, 0.2) is 54.6 Å². The van der Waals surface area contributed by atoms with Crippen LogP contribution in [0.3, 0.4) is 0 Å². The van der Waals surface area contributed by atoms with Gasteiger partial charge in [-0.3, -0.25) is 9.59 Å². The summed E-state index contributed by atoms with van der Waals surface area (Å²) in [4.78, 5) is 24.2. The minimum Gasteiger partial charge on any atom is -0.496 e. The normalized spacial score (nSPS) is 11.2. The molecule has 0 unspecified atom stereocenters. The molecular formula is C21H24N2O3. The van der Waals surface area contributed by atoms with Crippen LogP contribution in [0.25, 0.3) is 6.08 Å². The highest BCUT2D eigenvalue weighted by molar-refractivity contribution is 6.02. The van der Waals surface area contributed by atoms with Crippen molar-refractivity contribution < 1.29 is 14.3 Å². The number of amides is 2. The lowest BCUT2D eigenvalue weighted by atomic mass is 9.95. The maximum atomic E-state index is 12.2. The summed E-state index contributed by atoms with van der Waals surface area (Å²) in [6, 6.07) is 14.5. The van der Waals surface area contributed by atoms with Crippen LogP contribution in [0.5, 0.6) is 5.75 Å². The van der Waals surface area contributed by atoms with Crippen LogP contribution in [-0.2, 0) is 9.59 Å². The molecule has 26 heavy (non-hydrogen) atoms. The van der Waals surface area contributed by atoms with Gasteiger partial charge in [-0.2, -0.15) is 0 Å². The van der Waals surface area contributed by atoms with E-state index >= 15 is 0 Å². The molecule has 0 aliphatic carbocycles. The highest BCUT2D eigenvalue weighted by atomic mass is 16.5. The van der Waals surface area contributed by atoms with E-state index in [-0.39, 0.29) is 11.8 Å². The molecule has 2 aromatic carbocycles. The molecule has 0 aliphatic heterocycles. The van der Waals surface area contributed by atoms with E-state index in [1.54, 1.807) is 37.5 Å². The third-order valence-electron chi connectivity index (χ3n) is 3.62. The number of anilines is 2. The maximum absolute atomic E-state index is 12.2. The van der Waals surface area contributed by atoms with Gasteiger partial charge in [-0.25, -0.2) is 0 Å². The standard InChI is InChI=1S/C21H24N2O3/c1-21(2,3)20(25)23-17-10-7-9-16(14-17)22-19(24)13-12-15-8-5-6-11-18(15)26-4/h5-14H,1-4H3,(H,22,24)(H,23,25). The molecule has 0 atom stereocenters. The maximum Gasteiger partial charge on any atom is 0.248 e. The summed E-state index contributed by atoms with van der Waals surface area (Å²) in [6.45, 7) is 5.53. The topological polar surface area (TPSA) is 67.4 Å². The zero-order chi connectivity index (χ0) is 19.2. The number of nitrogens with one attached hydrogen (secondary N) is 2. The summed E-state index contributed by atoms with van der Waals surface area (Å²) in [5, 5.41) is 5.63. The summed E-state index contributed by atoms with van der Waals surface area (Å²) < 4.78 is 5.25. The molecule has 2 amide bonds. The second kappa shape index (κ2) is 8.34. The van der Waals surface area contributed by atoms with E-state index in [0.29, 0.717) is 17.1 Å². The first-order valence-electron chi connectivity index (χ1n) is 8.33. The van der Waals surface area contributed by atoms with Crippen LogP contribution in [-0.4, -0.2) is 18.9 Å². The number of carbonyl (C=O) groups is 2. The van der Waals surface area contributed by atoms with Crippen molar-refractivity contribution in [1.29, 1.82) is 0 Å². The molecule has 2 rings (SSSR count). The molecule has 2 N–H and O–H groups in total. The Balaban J connectivity index is 2.04. The number of hydrogen-bond acceptors (Lipinski definition) is 3. The highest BCUT2D eigenvalue weighted by Gasteiger charge is 2.21. The quantitative estimate of drug-likeness (QED) is 0.787. The van der Waals surface area contributed by atoms with Crippen molar-refractivity contribution in [3.63, 3.8) is 0 Å². The molecule has 0 saturated carbocycles. The average Bonchev–Trinajstić information content (AvgIpc) is 2.59. The van der Waals surface area contributed by atoms with Crippen LogP contribution in [0.4, 0.5) is 11.4 Å². The first kappa shape index (κ1) is 19.2. The molecule has 0 radical (unpaired) electrons. The molecule has 5 heteroatoms. The van der Waals surface area contributed by atoms with Gasteiger partial charge < -0.3 is 15.4 Å². The number of hydrogen-bond donors (Lipinski definition) is 2. The fraction of sp³-hybridized carbons (Fsp3) is 0.238. The summed E-state index contributed by atoms with van der Waals surface area (Å²) in [6.07, 6.45) is 3.14. The Morgan fingerprint density at radius 2 is 1.62 bits per heavy atom. The Labute approximate surface area is 154 Å². The Bertz CT molecular complexity index is 820. The Morgan fingerprint density at radius 3 is 2.27 bits per heavy atom. The number of benzene rings is 2. The molecule has 0 heterocycles. The first-order chi connectivity index (χ1) is 12.3. The number of ether oxygens (including phenoxy) is 1. The molecule has 2 aromatic rings. The molecule has 0 saturated heterocycles. The highest BCUT2D eigenvalue weighted by Crippen LogP contribution is 2.21. The molecule has 0 fully saturated rings. The van der Waals surface area contributed by atoms with Crippen molar-refractivity contribution >= 4 is 29.3 Å². The van der Waals surface area contributed by atoms with Gasteiger partial charge in [0.2, 0.25) is 11.8 Å². The molecule has 0 aliphatic rings. The van der Waals surface area contributed by atoms with Gasteiger partial charge in [0.15, 0.2) is 0 Å². The van der Waals surface area contributed by atoms with E-state index in [1.807, 2.05) is 45.0 Å². The van der Waals surface area contributed by atoms with Crippen molar-refractivity contribution in [2.24, 2.45) is 5.41 Å². The lowest BCUT2D eigenvalue weighted by Crippen LogP contribution is -2.27. The van der Waals surface area contributed by atoms with Crippen LogP contribution in [0, 0.1) is 5.41 Å². The third-order valence-corrected chi connectivity index (χ3v) is 3.62. The Hall–Kier alpha value is -3.08.